The third kappa shape index (κ3) is 5.99. The van der Waals surface area contributed by atoms with Crippen molar-refractivity contribution in [3.8, 4) is 5.75 Å². The highest BCUT2D eigenvalue weighted by molar-refractivity contribution is 5.79. The summed E-state index contributed by atoms with van der Waals surface area (Å²) in [4.78, 5) is 29.7. The molecule has 182 valence electrons. The molecule has 3 rings (SSSR count). The fourth-order valence-corrected chi connectivity index (χ4v) is 4.66. The molecule has 8 heteroatoms. The molecule has 0 unspecified atom stereocenters. The molecule has 0 saturated carbocycles. The van der Waals surface area contributed by atoms with Crippen LogP contribution in [0.2, 0.25) is 0 Å². The van der Waals surface area contributed by atoms with Crippen LogP contribution in [-0.2, 0) is 19.1 Å². The maximum atomic E-state index is 13.3. The van der Waals surface area contributed by atoms with E-state index in [1.807, 2.05) is 34.1 Å². The summed E-state index contributed by atoms with van der Waals surface area (Å²) in [5.41, 5.74) is 0.840. The van der Waals surface area contributed by atoms with Crippen molar-refractivity contribution in [2.75, 3.05) is 40.1 Å². The SMILES string of the molecule is CCCCN(CCCC)C(=O)CN1C[C@@H](C2=COCO2)[C@@H](C(=O)O)[C@@H]1c1ccc(OC)cc1. The lowest BCUT2D eigenvalue weighted by molar-refractivity contribution is -0.144. The standard InChI is InChI=1S/C25H36N2O6/c1-4-6-12-26(13-7-5-2)22(28)15-27-14-20(21-16-32-17-33-21)23(25(29)30)24(27)18-8-10-19(31-3)11-9-18/h8-11,16,20,23-24H,4-7,12-15,17H2,1-3H3,(H,29,30)/t20-,23+,24-/m0/s1. The molecule has 2 aliphatic heterocycles. The molecule has 2 aliphatic rings. The van der Waals surface area contributed by atoms with Gasteiger partial charge in [0.15, 0.2) is 0 Å². The van der Waals surface area contributed by atoms with Crippen LogP contribution in [0.3, 0.4) is 0 Å². The van der Waals surface area contributed by atoms with Gasteiger partial charge in [0.25, 0.3) is 0 Å². The molecule has 0 radical (unpaired) electrons. The molecular formula is C25H36N2O6. The number of benzene rings is 1. The van der Waals surface area contributed by atoms with Gasteiger partial charge in [0.05, 0.1) is 19.6 Å². The minimum atomic E-state index is -0.916. The van der Waals surface area contributed by atoms with E-state index in [9.17, 15) is 14.7 Å². The number of carboxylic acid groups (broad SMARTS) is 1. The zero-order valence-electron chi connectivity index (χ0n) is 19.9. The molecule has 3 atom stereocenters. The molecule has 33 heavy (non-hydrogen) atoms. The molecule has 2 heterocycles. The lowest BCUT2D eigenvalue weighted by Crippen LogP contribution is -2.42. The molecule has 8 nitrogen and oxygen atoms in total. The number of hydrogen-bond donors (Lipinski definition) is 1. The van der Waals surface area contributed by atoms with Crippen LogP contribution in [0, 0.1) is 11.8 Å². The number of nitrogens with zero attached hydrogens (tertiary/aromatic N) is 2. The van der Waals surface area contributed by atoms with Gasteiger partial charge >= 0.3 is 5.97 Å². The Bertz CT molecular complexity index is 817. The summed E-state index contributed by atoms with van der Waals surface area (Å²) in [5, 5.41) is 10.2. The van der Waals surface area contributed by atoms with Crippen molar-refractivity contribution in [3.63, 3.8) is 0 Å². The average molecular weight is 461 g/mol. The van der Waals surface area contributed by atoms with Crippen LogP contribution in [0.1, 0.15) is 51.1 Å². The monoisotopic (exact) mass is 460 g/mol. The first-order valence-corrected chi connectivity index (χ1v) is 11.8. The highest BCUT2D eigenvalue weighted by atomic mass is 16.7. The lowest BCUT2D eigenvalue weighted by atomic mass is 9.86. The van der Waals surface area contributed by atoms with Gasteiger partial charge in [-0.3, -0.25) is 14.5 Å². The van der Waals surface area contributed by atoms with Crippen LogP contribution in [0.15, 0.2) is 36.3 Å². The van der Waals surface area contributed by atoms with E-state index in [0.717, 1.165) is 44.3 Å². The first kappa shape index (κ1) is 24.9. The summed E-state index contributed by atoms with van der Waals surface area (Å²) in [7, 11) is 1.59. The van der Waals surface area contributed by atoms with Gasteiger partial charge in [-0.25, -0.2) is 0 Å². The number of carboxylic acids is 1. The van der Waals surface area contributed by atoms with E-state index in [-0.39, 0.29) is 19.2 Å². The van der Waals surface area contributed by atoms with Crippen LogP contribution in [0.5, 0.6) is 5.75 Å². The van der Waals surface area contributed by atoms with Crippen LogP contribution >= 0.6 is 0 Å². The maximum Gasteiger partial charge on any atom is 0.309 e. The van der Waals surface area contributed by atoms with Crippen molar-refractivity contribution in [1.82, 2.24) is 9.80 Å². The summed E-state index contributed by atoms with van der Waals surface area (Å²) in [6, 6.07) is 6.94. The van der Waals surface area contributed by atoms with Crippen LogP contribution in [-0.4, -0.2) is 66.9 Å². The zero-order valence-corrected chi connectivity index (χ0v) is 19.9. The van der Waals surface area contributed by atoms with Gasteiger partial charge in [-0.15, -0.1) is 0 Å². The number of rotatable bonds is 12. The number of carbonyl (C=O) groups excluding carboxylic acids is 1. The lowest BCUT2D eigenvalue weighted by Gasteiger charge is -2.30. The Morgan fingerprint density at radius 3 is 2.33 bits per heavy atom. The Morgan fingerprint density at radius 1 is 1.15 bits per heavy atom. The second-order valence-corrected chi connectivity index (χ2v) is 8.65. The molecule has 1 amide bonds. The van der Waals surface area contributed by atoms with Gasteiger partial charge in [0, 0.05) is 31.6 Å². The molecule has 0 spiro atoms. The quantitative estimate of drug-likeness (QED) is 0.509. The number of carbonyl (C=O) groups is 2. The topological polar surface area (TPSA) is 88.5 Å². The van der Waals surface area contributed by atoms with E-state index in [1.54, 1.807) is 7.11 Å². The van der Waals surface area contributed by atoms with E-state index < -0.39 is 23.8 Å². The summed E-state index contributed by atoms with van der Waals surface area (Å²) in [6.45, 7) is 6.34. The van der Waals surface area contributed by atoms with Crippen LogP contribution < -0.4 is 4.74 Å². The van der Waals surface area contributed by atoms with E-state index in [4.69, 9.17) is 14.2 Å². The minimum absolute atomic E-state index is 0.0396. The van der Waals surface area contributed by atoms with Gasteiger partial charge in [0.1, 0.15) is 17.8 Å². The number of amides is 1. The van der Waals surface area contributed by atoms with Crippen LogP contribution in [0.25, 0.3) is 0 Å². The summed E-state index contributed by atoms with van der Waals surface area (Å²) < 4.78 is 16.1. The number of likely N-dealkylation sites (tertiary alicyclic amines) is 1. The predicted octanol–water partition coefficient (Wildman–Crippen LogP) is 3.64. The number of hydrogen-bond acceptors (Lipinski definition) is 6. The Hall–Kier alpha value is -2.74. The van der Waals surface area contributed by atoms with E-state index in [0.29, 0.717) is 18.1 Å². The van der Waals surface area contributed by atoms with Gasteiger partial charge in [-0.05, 0) is 30.5 Å². The zero-order chi connectivity index (χ0) is 23.8. The Morgan fingerprint density at radius 2 is 1.82 bits per heavy atom. The fourth-order valence-electron chi connectivity index (χ4n) is 4.66. The molecular weight excluding hydrogens is 424 g/mol. The smallest absolute Gasteiger partial charge is 0.309 e. The van der Waals surface area contributed by atoms with Crippen molar-refractivity contribution >= 4 is 11.9 Å². The molecule has 1 saturated heterocycles. The first-order chi connectivity index (χ1) is 16.0. The molecule has 1 aromatic rings. The van der Waals surface area contributed by atoms with E-state index in [2.05, 4.69) is 13.8 Å². The largest absolute Gasteiger partial charge is 0.497 e. The van der Waals surface area contributed by atoms with Crippen molar-refractivity contribution in [2.24, 2.45) is 11.8 Å². The second-order valence-electron chi connectivity index (χ2n) is 8.65. The van der Waals surface area contributed by atoms with Crippen molar-refractivity contribution in [3.05, 3.63) is 41.9 Å². The summed E-state index contributed by atoms with van der Waals surface area (Å²) >= 11 is 0. The fraction of sp³-hybridized carbons (Fsp3) is 0.600. The molecule has 1 N–H and O–H groups in total. The highest BCUT2D eigenvalue weighted by Gasteiger charge is 2.50. The predicted molar refractivity (Wildman–Crippen MR) is 123 cm³/mol. The van der Waals surface area contributed by atoms with E-state index >= 15 is 0 Å². The minimum Gasteiger partial charge on any atom is -0.497 e. The first-order valence-electron chi connectivity index (χ1n) is 11.8. The molecule has 0 bridgehead atoms. The second kappa shape index (κ2) is 11.9. The molecule has 1 fully saturated rings. The number of aliphatic carboxylic acids is 1. The van der Waals surface area contributed by atoms with Gasteiger partial charge in [0.2, 0.25) is 12.7 Å². The Labute approximate surface area is 196 Å². The number of unbranched alkanes of at least 4 members (excludes halogenated alkanes) is 2. The van der Waals surface area contributed by atoms with E-state index in [1.165, 1.54) is 6.26 Å². The third-order valence-electron chi connectivity index (χ3n) is 6.45. The summed E-state index contributed by atoms with van der Waals surface area (Å²) in [6.07, 6.45) is 5.45. The van der Waals surface area contributed by atoms with Gasteiger partial charge in [-0.1, -0.05) is 38.8 Å². The maximum absolute atomic E-state index is 13.3. The van der Waals surface area contributed by atoms with Crippen LogP contribution in [0.4, 0.5) is 0 Å². The van der Waals surface area contributed by atoms with Crippen molar-refractivity contribution in [2.45, 2.75) is 45.6 Å². The van der Waals surface area contributed by atoms with Crippen molar-refractivity contribution < 1.29 is 28.9 Å². The number of methoxy groups -OCH3 is 1. The van der Waals surface area contributed by atoms with Gasteiger partial charge in [-0.2, -0.15) is 0 Å². The third-order valence-corrected chi connectivity index (χ3v) is 6.45. The van der Waals surface area contributed by atoms with Crippen molar-refractivity contribution in [1.29, 1.82) is 0 Å². The average Bonchev–Trinajstić information content (AvgIpc) is 3.47. The Balaban J connectivity index is 1.89. The van der Waals surface area contributed by atoms with Gasteiger partial charge < -0.3 is 24.2 Å². The normalized spacial score (nSPS) is 22.4. The molecule has 0 aliphatic carbocycles. The Kier molecular flexibility index (Phi) is 9.00. The number of ether oxygens (including phenoxy) is 3. The molecule has 0 aromatic heterocycles. The molecule has 1 aromatic carbocycles. The summed E-state index contributed by atoms with van der Waals surface area (Å²) in [5.74, 6) is -0.810. The highest BCUT2D eigenvalue weighted by Crippen LogP contribution is 2.45.